The van der Waals surface area contributed by atoms with Crippen LogP contribution in [0, 0.1) is 0 Å². The van der Waals surface area contributed by atoms with Crippen molar-refractivity contribution in [2.75, 3.05) is 32.8 Å². The number of hydrogen-bond acceptors (Lipinski definition) is 7. The van der Waals surface area contributed by atoms with Crippen molar-refractivity contribution in [3.05, 3.63) is 34.2 Å². The van der Waals surface area contributed by atoms with Crippen molar-refractivity contribution in [2.45, 2.75) is 12.8 Å². The molecule has 28 heavy (non-hydrogen) atoms. The number of hydrogen-bond donors (Lipinski definition) is 2. The maximum atomic E-state index is 12.5. The predicted octanol–water partition coefficient (Wildman–Crippen LogP) is 2.35. The van der Waals surface area contributed by atoms with E-state index < -0.39 is 31.1 Å². The number of fused-ring (bicyclic) bond motifs is 3. The second kappa shape index (κ2) is 8.41. The zero-order valence-electron chi connectivity index (χ0n) is 15.4. The Balaban J connectivity index is 1.95. The minimum atomic E-state index is -1.17. The molecule has 0 bridgehead atoms. The number of thiophene rings is 1. The first-order chi connectivity index (χ1) is 13.4. The monoisotopic (exact) mass is 405 g/mol. The third-order valence-corrected chi connectivity index (χ3v) is 5.45. The van der Waals surface area contributed by atoms with E-state index in [1.54, 1.807) is 7.11 Å². The number of aliphatic carboxylic acids is 1. The normalized spacial score (nSPS) is 11.9. The summed E-state index contributed by atoms with van der Waals surface area (Å²) in [5.74, 6) is -1.52. The highest BCUT2D eigenvalue weighted by atomic mass is 32.1. The molecule has 0 saturated carbocycles. The van der Waals surface area contributed by atoms with Crippen LogP contribution in [0.15, 0.2) is 18.2 Å². The van der Waals surface area contributed by atoms with E-state index in [4.69, 9.17) is 19.3 Å². The van der Waals surface area contributed by atoms with Crippen LogP contribution in [-0.4, -0.2) is 50.4 Å². The van der Waals surface area contributed by atoms with Gasteiger partial charge in [0.25, 0.3) is 5.91 Å². The molecular formula is C19H19NO7S. The van der Waals surface area contributed by atoms with Crippen molar-refractivity contribution in [3.63, 3.8) is 0 Å². The van der Waals surface area contributed by atoms with Gasteiger partial charge in [-0.15, -0.1) is 11.3 Å². The Labute approximate surface area is 165 Å². The summed E-state index contributed by atoms with van der Waals surface area (Å²) in [5, 5.41) is 11.6. The smallest absolute Gasteiger partial charge is 0.341 e. The lowest BCUT2D eigenvalue weighted by Crippen LogP contribution is -2.21. The molecule has 0 radical (unpaired) electrons. The van der Waals surface area contributed by atoms with E-state index in [1.807, 2.05) is 18.2 Å². The van der Waals surface area contributed by atoms with E-state index in [2.05, 4.69) is 5.32 Å². The lowest BCUT2D eigenvalue weighted by molar-refractivity contribution is -0.143. The number of carbonyl (C=O) groups is 3. The minimum absolute atomic E-state index is 0.292. The topological polar surface area (TPSA) is 111 Å². The van der Waals surface area contributed by atoms with Gasteiger partial charge in [-0.05, 0) is 36.1 Å². The number of amides is 1. The predicted molar refractivity (Wildman–Crippen MR) is 102 cm³/mol. The maximum Gasteiger partial charge on any atom is 0.341 e. The van der Waals surface area contributed by atoms with Crippen molar-refractivity contribution in [1.29, 1.82) is 0 Å². The van der Waals surface area contributed by atoms with E-state index >= 15 is 0 Å². The number of carboxylic acids is 1. The van der Waals surface area contributed by atoms with Crippen LogP contribution in [0.1, 0.15) is 20.8 Å². The summed E-state index contributed by atoms with van der Waals surface area (Å²) in [4.78, 5) is 36.1. The van der Waals surface area contributed by atoms with Gasteiger partial charge in [0.05, 0.1) is 14.2 Å². The quantitative estimate of drug-likeness (QED) is 0.680. The fraction of sp³-hybridized carbons (Fsp3) is 0.316. The van der Waals surface area contributed by atoms with Crippen LogP contribution in [0.4, 0.5) is 5.00 Å². The van der Waals surface area contributed by atoms with Crippen molar-refractivity contribution >= 4 is 34.2 Å². The van der Waals surface area contributed by atoms with Crippen molar-refractivity contribution in [2.24, 2.45) is 0 Å². The number of nitrogens with one attached hydrogen (secondary N) is 1. The Morgan fingerprint density at radius 2 is 1.96 bits per heavy atom. The van der Waals surface area contributed by atoms with Crippen LogP contribution in [0.5, 0.6) is 5.75 Å². The Bertz CT molecular complexity index is 935. The first-order valence-electron chi connectivity index (χ1n) is 8.45. The SMILES string of the molecule is COC(=O)c1c(NC(=O)COCC(=O)O)sc2c1-c1ccc(OC)cc1CC2. The molecule has 1 amide bonds. The third kappa shape index (κ3) is 4.00. The van der Waals surface area contributed by atoms with Crippen LogP contribution in [-0.2, 0) is 31.9 Å². The van der Waals surface area contributed by atoms with E-state index in [0.29, 0.717) is 10.6 Å². The Kier molecular flexibility index (Phi) is 5.96. The summed E-state index contributed by atoms with van der Waals surface area (Å²) in [6, 6.07) is 5.66. The molecule has 0 aliphatic heterocycles. The second-order valence-electron chi connectivity index (χ2n) is 6.05. The Hall–Kier alpha value is -2.91. The molecule has 148 valence electrons. The first-order valence-corrected chi connectivity index (χ1v) is 9.27. The van der Waals surface area contributed by atoms with E-state index in [9.17, 15) is 14.4 Å². The molecule has 0 spiro atoms. The summed E-state index contributed by atoms with van der Waals surface area (Å²) in [6.45, 7) is -1.00. The number of anilines is 1. The average Bonchev–Trinajstić information content (AvgIpc) is 3.04. The zero-order valence-corrected chi connectivity index (χ0v) is 16.2. The summed E-state index contributed by atoms with van der Waals surface area (Å²) in [5.41, 5.74) is 3.00. The molecule has 2 N–H and O–H groups in total. The van der Waals surface area contributed by atoms with Gasteiger partial charge in [-0.3, -0.25) is 4.79 Å². The fourth-order valence-electron chi connectivity index (χ4n) is 3.11. The largest absolute Gasteiger partial charge is 0.497 e. The van der Waals surface area contributed by atoms with E-state index in [-0.39, 0.29) is 0 Å². The molecule has 3 rings (SSSR count). The van der Waals surface area contributed by atoms with Crippen LogP contribution in [0.2, 0.25) is 0 Å². The molecule has 0 atom stereocenters. The molecule has 1 aliphatic rings. The highest BCUT2D eigenvalue weighted by Crippen LogP contribution is 2.46. The van der Waals surface area contributed by atoms with Crippen molar-refractivity contribution in [1.82, 2.24) is 0 Å². The number of carboxylic acid groups (broad SMARTS) is 1. The fourth-order valence-corrected chi connectivity index (χ4v) is 4.33. The molecule has 9 heteroatoms. The van der Waals surface area contributed by atoms with E-state index in [1.165, 1.54) is 18.4 Å². The van der Waals surface area contributed by atoms with Crippen LogP contribution < -0.4 is 10.1 Å². The minimum Gasteiger partial charge on any atom is -0.497 e. The molecule has 0 saturated heterocycles. The second-order valence-corrected chi connectivity index (χ2v) is 7.16. The highest BCUT2D eigenvalue weighted by Gasteiger charge is 2.30. The van der Waals surface area contributed by atoms with Gasteiger partial charge in [-0.1, -0.05) is 6.07 Å². The number of methoxy groups -OCH3 is 2. The number of rotatable bonds is 7. The molecule has 0 fully saturated rings. The molecular weight excluding hydrogens is 386 g/mol. The van der Waals surface area contributed by atoms with Gasteiger partial charge >= 0.3 is 11.9 Å². The number of esters is 1. The van der Waals surface area contributed by atoms with Gasteiger partial charge < -0.3 is 24.6 Å². The average molecular weight is 405 g/mol. The Morgan fingerprint density at radius 3 is 2.64 bits per heavy atom. The first kappa shape index (κ1) is 19.8. The summed E-state index contributed by atoms with van der Waals surface area (Å²) < 4.78 is 15.0. The lowest BCUT2D eigenvalue weighted by atomic mass is 9.88. The van der Waals surface area contributed by atoms with E-state index in [0.717, 1.165) is 40.2 Å². The summed E-state index contributed by atoms with van der Waals surface area (Å²) >= 11 is 1.31. The van der Waals surface area contributed by atoms with Gasteiger partial charge in [0.2, 0.25) is 0 Å². The van der Waals surface area contributed by atoms with Gasteiger partial charge in [0.15, 0.2) is 0 Å². The zero-order chi connectivity index (χ0) is 20.3. The number of carbonyl (C=O) groups excluding carboxylic acids is 2. The molecule has 2 aromatic rings. The summed E-state index contributed by atoms with van der Waals surface area (Å²) in [6.07, 6.45) is 1.51. The Morgan fingerprint density at radius 1 is 1.18 bits per heavy atom. The standard InChI is InChI=1S/C19H19NO7S/c1-25-11-4-5-12-10(7-11)3-6-13-16(12)17(19(24)26-2)18(28-13)20-14(21)8-27-9-15(22)23/h4-5,7H,3,6,8-9H2,1-2H3,(H,20,21)(H,22,23). The third-order valence-electron chi connectivity index (χ3n) is 4.29. The van der Waals surface area contributed by atoms with Crippen LogP contribution in [0.25, 0.3) is 11.1 Å². The van der Waals surface area contributed by atoms with Gasteiger partial charge in [0, 0.05) is 10.4 Å². The molecule has 1 aromatic carbocycles. The van der Waals surface area contributed by atoms with Crippen LogP contribution in [0.3, 0.4) is 0 Å². The molecule has 8 nitrogen and oxygen atoms in total. The summed E-state index contributed by atoms with van der Waals surface area (Å²) in [7, 11) is 2.88. The molecule has 1 aromatic heterocycles. The number of aryl methyl sites for hydroxylation is 2. The van der Waals surface area contributed by atoms with Crippen LogP contribution >= 0.6 is 11.3 Å². The van der Waals surface area contributed by atoms with Crippen molar-refractivity contribution in [3.8, 4) is 16.9 Å². The molecule has 1 heterocycles. The van der Waals surface area contributed by atoms with Crippen molar-refractivity contribution < 1.29 is 33.7 Å². The maximum absolute atomic E-state index is 12.5. The number of benzene rings is 1. The molecule has 1 aliphatic carbocycles. The highest BCUT2D eigenvalue weighted by molar-refractivity contribution is 7.17. The van der Waals surface area contributed by atoms with Gasteiger partial charge in [0.1, 0.15) is 29.5 Å². The molecule has 0 unspecified atom stereocenters. The van der Waals surface area contributed by atoms with Gasteiger partial charge in [-0.25, -0.2) is 9.59 Å². The van der Waals surface area contributed by atoms with Gasteiger partial charge in [-0.2, -0.15) is 0 Å². The lowest BCUT2D eigenvalue weighted by Gasteiger charge is -2.18. The number of ether oxygens (including phenoxy) is 3.